The maximum absolute atomic E-state index is 12.1. The molecule has 6 heteroatoms. The van der Waals surface area contributed by atoms with Crippen molar-refractivity contribution in [2.24, 2.45) is 0 Å². The number of nitrogens with zero attached hydrogens (tertiary/aromatic N) is 1. The van der Waals surface area contributed by atoms with Crippen molar-refractivity contribution in [1.82, 2.24) is 9.88 Å². The van der Waals surface area contributed by atoms with Crippen LogP contribution in [0.15, 0.2) is 23.6 Å². The number of hydrogen-bond acceptors (Lipinski definition) is 4. The molecular formula is C17H22N2O3S. The van der Waals surface area contributed by atoms with Gasteiger partial charge in [-0.05, 0) is 44.7 Å². The molecule has 0 unspecified atom stereocenters. The van der Waals surface area contributed by atoms with E-state index in [4.69, 9.17) is 4.74 Å². The standard InChI is InChI=1S/C17H22N2O3S/c1-4-22-17(21)15-10-12(2)19(13(15)3)11-16(20)18-8-7-14-6-5-9-23-14/h5-6,9-10H,4,7-8,11H2,1-3H3,(H,18,20). The van der Waals surface area contributed by atoms with Crippen LogP contribution in [0.3, 0.4) is 0 Å². The maximum atomic E-state index is 12.1. The highest BCUT2D eigenvalue weighted by atomic mass is 32.1. The zero-order chi connectivity index (χ0) is 16.8. The van der Waals surface area contributed by atoms with Crippen molar-refractivity contribution in [1.29, 1.82) is 0 Å². The van der Waals surface area contributed by atoms with Crippen LogP contribution in [0.5, 0.6) is 0 Å². The van der Waals surface area contributed by atoms with E-state index in [0.29, 0.717) is 18.7 Å². The van der Waals surface area contributed by atoms with E-state index in [1.54, 1.807) is 24.3 Å². The predicted octanol–water partition coefficient (Wildman–Crippen LogP) is 2.70. The van der Waals surface area contributed by atoms with E-state index in [1.165, 1.54) is 4.88 Å². The van der Waals surface area contributed by atoms with Crippen molar-refractivity contribution in [3.63, 3.8) is 0 Å². The van der Waals surface area contributed by atoms with E-state index in [9.17, 15) is 9.59 Å². The van der Waals surface area contributed by atoms with Gasteiger partial charge < -0.3 is 14.6 Å². The second kappa shape index (κ2) is 7.97. The Kier molecular flexibility index (Phi) is 5.98. The number of carbonyl (C=O) groups excluding carboxylic acids is 2. The molecule has 2 aromatic rings. The van der Waals surface area contributed by atoms with Gasteiger partial charge in [0.1, 0.15) is 6.54 Å². The zero-order valence-electron chi connectivity index (χ0n) is 13.7. The Labute approximate surface area is 140 Å². The fourth-order valence-electron chi connectivity index (χ4n) is 2.44. The minimum Gasteiger partial charge on any atom is -0.462 e. The van der Waals surface area contributed by atoms with E-state index in [1.807, 2.05) is 29.9 Å². The molecule has 0 bridgehead atoms. The molecule has 2 rings (SSSR count). The van der Waals surface area contributed by atoms with Crippen molar-refractivity contribution in [2.45, 2.75) is 33.7 Å². The first-order chi connectivity index (χ1) is 11.0. The van der Waals surface area contributed by atoms with E-state index in [-0.39, 0.29) is 18.4 Å². The Morgan fingerprint density at radius 1 is 1.35 bits per heavy atom. The summed E-state index contributed by atoms with van der Waals surface area (Å²) in [5.41, 5.74) is 2.16. The Hall–Kier alpha value is -2.08. The molecule has 0 aromatic carbocycles. The number of nitrogens with one attached hydrogen (secondary N) is 1. The Morgan fingerprint density at radius 3 is 2.78 bits per heavy atom. The summed E-state index contributed by atoms with van der Waals surface area (Å²) >= 11 is 1.69. The van der Waals surface area contributed by atoms with Crippen LogP contribution in [-0.4, -0.2) is 29.6 Å². The van der Waals surface area contributed by atoms with Crippen LogP contribution < -0.4 is 5.32 Å². The van der Waals surface area contributed by atoms with Gasteiger partial charge >= 0.3 is 5.97 Å². The van der Waals surface area contributed by atoms with Crippen LogP contribution in [-0.2, 0) is 22.5 Å². The summed E-state index contributed by atoms with van der Waals surface area (Å²) in [7, 11) is 0. The van der Waals surface area contributed by atoms with Gasteiger partial charge in [0.05, 0.1) is 12.2 Å². The van der Waals surface area contributed by atoms with Gasteiger partial charge in [-0.15, -0.1) is 11.3 Å². The van der Waals surface area contributed by atoms with Crippen LogP contribution in [0, 0.1) is 13.8 Å². The summed E-state index contributed by atoms with van der Waals surface area (Å²) < 4.78 is 6.88. The topological polar surface area (TPSA) is 60.3 Å². The van der Waals surface area contributed by atoms with Gasteiger partial charge in [0, 0.05) is 22.8 Å². The lowest BCUT2D eigenvalue weighted by Crippen LogP contribution is -2.30. The fourth-order valence-corrected chi connectivity index (χ4v) is 3.15. The van der Waals surface area contributed by atoms with Crippen molar-refractivity contribution in [2.75, 3.05) is 13.2 Å². The largest absolute Gasteiger partial charge is 0.462 e. The van der Waals surface area contributed by atoms with Gasteiger partial charge in [-0.3, -0.25) is 4.79 Å². The Bertz CT molecular complexity index is 674. The van der Waals surface area contributed by atoms with Crippen molar-refractivity contribution in [3.8, 4) is 0 Å². The summed E-state index contributed by atoms with van der Waals surface area (Å²) in [4.78, 5) is 25.2. The monoisotopic (exact) mass is 334 g/mol. The number of aromatic nitrogens is 1. The first-order valence-electron chi connectivity index (χ1n) is 7.65. The number of hydrogen-bond donors (Lipinski definition) is 1. The fraction of sp³-hybridized carbons (Fsp3) is 0.412. The molecule has 1 N–H and O–H groups in total. The van der Waals surface area contributed by atoms with Crippen molar-refractivity contribution < 1.29 is 14.3 Å². The normalized spacial score (nSPS) is 10.6. The first kappa shape index (κ1) is 17.3. The number of aryl methyl sites for hydroxylation is 1. The molecular weight excluding hydrogens is 312 g/mol. The number of rotatable bonds is 7. The van der Waals surface area contributed by atoms with Gasteiger partial charge in [-0.2, -0.15) is 0 Å². The van der Waals surface area contributed by atoms with Crippen LogP contribution in [0.25, 0.3) is 0 Å². The first-order valence-corrected chi connectivity index (χ1v) is 8.53. The number of carbonyl (C=O) groups is 2. The molecule has 0 atom stereocenters. The molecule has 0 fully saturated rings. The highest BCUT2D eigenvalue weighted by Gasteiger charge is 2.17. The molecule has 1 amide bonds. The number of thiophene rings is 1. The SMILES string of the molecule is CCOC(=O)c1cc(C)n(CC(=O)NCCc2cccs2)c1C. The van der Waals surface area contributed by atoms with Crippen molar-refractivity contribution in [3.05, 3.63) is 45.4 Å². The van der Waals surface area contributed by atoms with Crippen molar-refractivity contribution >= 4 is 23.2 Å². The Balaban J connectivity index is 1.93. The molecule has 0 aliphatic rings. The summed E-state index contributed by atoms with van der Waals surface area (Å²) in [6.07, 6.45) is 0.834. The average molecular weight is 334 g/mol. The van der Waals surface area contributed by atoms with Gasteiger partial charge in [-0.1, -0.05) is 6.07 Å². The van der Waals surface area contributed by atoms with Crippen LogP contribution in [0.2, 0.25) is 0 Å². The molecule has 23 heavy (non-hydrogen) atoms. The van der Waals surface area contributed by atoms with E-state index >= 15 is 0 Å². The van der Waals surface area contributed by atoms with E-state index < -0.39 is 0 Å². The second-order valence-corrected chi connectivity index (χ2v) is 6.30. The van der Waals surface area contributed by atoms with Gasteiger partial charge in [-0.25, -0.2) is 4.79 Å². The lowest BCUT2D eigenvalue weighted by atomic mass is 10.2. The van der Waals surface area contributed by atoms with Gasteiger partial charge in [0.25, 0.3) is 0 Å². The third kappa shape index (κ3) is 4.45. The highest BCUT2D eigenvalue weighted by Crippen LogP contribution is 2.16. The molecule has 0 aliphatic heterocycles. The quantitative estimate of drug-likeness (QED) is 0.792. The zero-order valence-corrected chi connectivity index (χ0v) is 14.5. The lowest BCUT2D eigenvalue weighted by Gasteiger charge is -2.10. The highest BCUT2D eigenvalue weighted by molar-refractivity contribution is 7.09. The molecule has 0 spiro atoms. The van der Waals surface area contributed by atoms with Crippen LogP contribution >= 0.6 is 11.3 Å². The smallest absolute Gasteiger partial charge is 0.339 e. The van der Waals surface area contributed by atoms with Crippen LogP contribution in [0.4, 0.5) is 0 Å². The molecule has 2 heterocycles. The summed E-state index contributed by atoms with van der Waals surface area (Å²) in [5.74, 6) is -0.399. The maximum Gasteiger partial charge on any atom is 0.339 e. The summed E-state index contributed by atoms with van der Waals surface area (Å²) in [6, 6.07) is 5.83. The molecule has 0 radical (unpaired) electrons. The molecule has 2 aromatic heterocycles. The van der Waals surface area contributed by atoms with E-state index in [0.717, 1.165) is 17.8 Å². The average Bonchev–Trinajstić information content (AvgIpc) is 3.11. The van der Waals surface area contributed by atoms with Gasteiger partial charge in [0.2, 0.25) is 5.91 Å². The minimum absolute atomic E-state index is 0.0567. The number of esters is 1. The molecule has 124 valence electrons. The lowest BCUT2D eigenvalue weighted by molar-refractivity contribution is -0.121. The second-order valence-electron chi connectivity index (χ2n) is 5.27. The van der Waals surface area contributed by atoms with E-state index in [2.05, 4.69) is 11.4 Å². The summed E-state index contributed by atoms with van der Waals surface area (Å²) in [6.45, 7) is 6.65. The molecule has 0 saturated heterocycles. The van der Waals surface area contributed by atoms with Gasteiger partial charge in [0.15, 0.2) is 0 Å². The summed E-state index contributed by atoms with van der Waals surface area (Å²) in [5, 5.41) is 4.95. The minimum atomic E-state index is -0.343. The van der Waals surface area contributed by atoms with Crippen LogP contribution in [0.1, 0.15) is 33.5 Å². The molecule has 5 nitrogen and oxygen atoms in total. The molecule has 0 saturated carbocycles. The Morgan fingerprint density at radius 2 is 2.13 bits per heavy atom. The third-order valence-corrected chi connectivity index (χ3v) is 4.58. The third-order valence-electron chi connectivity index (χ3n) is 3.64. The molecule has 0 aliphatic carbocycles. The number of ether oxygens (including phenoxy) is 1. The number of amides is 1. The predicted molar refractivity (Wildman–Crippen MR) is 90.9 cm³/mol.